The van der Waals surface area contributed by atoms with Crippen LogP contribution in [0.25, 0.3) is 11.3 Å². The Bertz CT molecular complexity index is 709. The van der Waals surface area contributed by atoms with Gasteiger partial charge in [0.1, 0.15) is 11.6 Å². The minimum Gasteiger partial charge on any atom is -0.450 e. The number of hydrogen-bond acceptors (Lipinski definition) is 5. The summed E-state index contributed by atoms with van der Waals surface area (Å²) < 4.78 is 18.8. The maximum atomic E-state index is 13.8. The molecule has 2 N–H and O–H groups in total. The molecule has 7 heteroatoms. The summed E-state index contributed by atoms with van der Waals surface area (Å²) >= 11 is 0. The highest BCUT2D eigenvalue weighted by atomic mass is 19.1. The number of benzene rings is 1. The SMILES string of the molecule is CCC[C@@H](CCCOC(=O)NC)CNc1ccc(-c2ccccc2F)nn1. The maximum Gasteiger partial charge on any atom is 0.406 e. The van der Waals surface area contributed by atoms with E-state index in [-0.39, 0.29) is 5.82 Å². The third-order valence-electron chi connectivity index (χ3n) is 4.28. The molecule has 0 bridgehead atoms. The van der Waals surface area contributed by atoms with Crippen molar-refractivity contribution >= 4 is 11.9 Å². The van der Waals surface area contributed by atoms with Gasteiger partial charge in [0, 0.05) is 19.2 Å². The van der Waals surface area contributed by atoms with Crippen molar-refractivity contribution in [3.05, 3.63) is 42.2 Å². The maximum absolute atomic E-state index is 13.8. The molecular weight excluding hydrogens is 347 g/mol. The van der Waals surface area contributed by atoms with Gasteiger partial charge >= 0.3 is 6.09 Å². The first kappa shape index (κ1) is 20.6. The molecule has 1 amide bonds. The summed E-state index contributed by atoms with van der Waals surface area (Å²) in [5.74, 6) is 0.809. The zero-order valence-electron chi connectivity index (χ0n) is 15.9. The zero-order chi connectivity index (χ0) is 19.5. The fraction of sp³-hybridized carbons (Fsp3) is 0.450. The molecule has 6 nitrogen and oxygen atoms in total. The number of amides is 1. The molecule has 0 saturated heterocycles. The largest absolute Gasteiger partial charge is 0.450 e. The minimum absolute atomic E-state index is 0.311. The van der Waals surface area contributed by atoms with Crippen LogP contribution in [0.2, 0.25) is 0 Å². The molecule has 146 valence electrons. The van der Waals surface area contributed by atoms with E-state index in [1.165, 1.54) is 6.07 Å². The van der Waals surface area contributed by atoms with Crippen molar-refractivity contribution in [2.24, 2.45) is 5.92 Å². The number of hydrogen-bond donors (Lipinski definition) is 2. The standard InChI is InChI=1S/C20H27FN4O2/c1-3-7-15(8-6-13-27-20(26)22-2)14-23-19-12-11-18(24-25-19)16-9-4-5-10-17(16)21/h4-5,9-12,15H,3,6-8,13-14H2,1-2H3,(H,22,26)(H,23,25)/t15-/m0/s1. The Morgan fingerprint density at radius 3 is 2.67 bits per heavy atom. The van der Waals surface area contributed by atoms with Crippen LogP contribution in [0.5, 0.6) is 0 Å². The van der Waals surface area contributed by atoms with E-state index in [0.717, 1.165) is 32.2 Å². The highest BCUT2D eigenvalue weighted by Gasteiger charge is 2.10. The molecule has 0 unspecified atom stereocenters. The normalized spacial score (nSPS) is 11.7. The molecule has 2 rings (SSSR count). The van der Waals surface area contributed by atoms with Gasteiger partial charge in [-0.1, -0.05) is 25.5 Å². The van der Waals surface area contributed by atoms with Gasteiger partial charge in [-0.2, -0.15) is 0 Å². The van der Waals surface area contributed by atoms with Crippen LogP contribution in [-0.4, -0.2) is 36.5 Å². The fourth-order valence-electron chi connectivity index (χ4n) is 2.85. The molecule has 0 radical (unpaired) electrons. The molecule has 1 aromatic carbocycles. The van der Waals surface area contributed by atoms with Gasteiger partial charge < -0.3 is 15.4 Å². The van der Waals surface area contributed by atoms with Gasteiger partial charge in [-0.15, -0.1) is 10.2 Å². The molecular formula is C20H27FN4O2. The van der Waals surface area contributed by atoms with E-state index < -0.39 is 6.09 Å². The zero-order valence-corrected chi connectivity index (χ0v) is 15.9. The van der Waals surface area contributed by atoms with E-state index in [2.05, 4.69) is 27.8 Å². The lowest BCUT2D eigenvalue weighted by Gasteiger charge is -2.17. The molecule has 1 heterocycles. The Hall–Kier alpha value is -2.70. The molecule has 1 atom stereocenters. The Balaban J connectivity index is 1.84. The monoisotopic (exact) mass is 374 g/mol. The highest BCUT2D eigenvalue weighted by molar-refractivity contribution is 5.66. The molecule has 27 heavy (non-hydrogen) atoms. The highest BCUT2D eigenvalue weighted by Crippen LogP contribution is 2.21. The van der Waals surface area contributed by atoms with Crippen LogP contribution in [-0.2, 0) is 4.74 Å². The predicted molar refractivity (Wildman–Crippen MR) is 104 cm³/mol. The van der Waals surface area contributed by atoms with Crippen LogP contribution in [0.3, 0.4) is 0 Å². The van der Waals surface area contributed by atoms with E-state index in [0.29, 0.717) is 29.6 Å². The number of carbonyl (C=O) groups excluding carboxylic acids is 1. The molecule has 0 aliphatic heterocycles. The van der Waals surface area contributed by atoms with E-state index in [4.69, 9.17) is 4.74 Å². The van der Waals surface area contributed by atoms with Gasteiger partial charge in [-0.05, 0) is 49.4 Å². The smallest absolute Gasteiger partial charge is 0.406 e. The Morgan fingerprint density at radius 1 is 1.19 bits per heavy atom. The first-order valence-electron chi connectivity index (χ1n) is 9.31. The van der Waals surface area contributed by atoms with E-state index in [1.54, 1.807) is 31.3 Å². The number of nitrogens with zero attached hydrogens (tertiary/aromatic N) is 2. The van der Waals surface area contributed by atoms with Crippen molar-refractivity contribution in [2.45, 2.75) is 32.6 Å². The van der Waals surface area contributed by atoms with E-state index in [1.807, 2.05) is 6.07 Å². The third kappa shape index (κ3) is 6.84. The molecule has 2 aromatic rings. The summed E-state index contributed by atoms with van der Waals surface area (Å²) in [7, 11) is 1.55. The van der Waals surface area contributed by atoms with Gasteiger partial charge in [0.05, 0.1) is 12.3 Å². The van der Waals surface area contributed by atoms with Gasteiger partial charge in [-0.25, -0.2) is 9.18 Å². The van der Waals surface area contributed by atoms with Crippen LogP contribution >= 0.6 is 0 Å². The average Bonchev–Trinajstić information content (AvgIpc) is 2.70. The Labute approximate surface area is 159 Å². The summed E-state index contributed by atoms with van der Waals surface area (Å²) in [6.45, 7) is 3.33. The van der Waals surface area contributed by atoms with Crippen molar-refractivity contribution in [3.63, 3.8) is 0 Å². The number of carbonyl (C=O) groups is 1. The van der Waals surface area contributed by atoms with Crippen molar-refractivity contribution in [3.8, 4) is 11.3 Å². The van der Waals surface area contributed by atoms with Gasteiger partial charge in [-0.3, -0.25) is 0 Å². The molecule has 0 saturated carbocycles. The van der Waals surface area contributed by atoms with E-state index >= 15 is 0 Å². The molecule has 0 aliphatic rings. The number of aromatic nitrogens is 2. The predicted octanol–water partition coefficient (Wildman–Crippen LogP) is 4.25. The van der Waals surface area contributed by atoms with Gasteiger partial charge in [0.25, 0.3) is 0 Å². The van der Waals surface area contributed by atoms with Crippen LogP contribution in [0.15, 0.2) is 36.4 Å². The second-order valence-corrected chi connectivity index (χ2v) is 6.35. The number of anilines is 1. The van der Waals surface area contributed by atoms with Crippen molar-refractivity contribution in [2.75, 3.05) is 25.5 Å². The summed E-state index contributed by atoms with van der Waals surface area (Å²) in [6, 6.07) is 10.1. The number of rotatable bonds is 10. The first-order chi connectivity index (χ1) is 13.1. The van der Waals surface area contributed by atoms with Crippen LogP contribution < -0.4 is 10.6 Å². The van der Waals surface area contributed by atoms with Crippen molar-refractivity contribution in [1.82, 2.24) is 15.5 Å². The lowest BCUT2D eigenvalue weighted by Crippen LogP contribution is -2.20. The summed E-state index contributed by atoms with van der Waals surface area (Å²) in [5, 5.41) is 14.0. The van der Waals surface area contributed by atoms with Crippen LogP contribution in [0, 0.1) is 11.7 Å². The number of halogens is 1. The fourth-order valence-corrected chi connectivity index (χ4v) is 2.85. The summed E-state index contributed by atoms with van der Waals surface area (Å²) in [6.07, 6.45) is 3.54. The number of alkyl carbamates (subject to hydrolysis) is 1. The number of ether oxygens (including phenoxy) is 1. The topological polar surface area (TPSA) is 76.1 Å². The Kier molecular flexibility index (Phi) is 8.48. The average molecular weight is 374 g/mol. The lowest BCUT2D eigenvalue weighted by atomic mass is 9.98. The molecule has 0 spiro atoms. The summed E-state index contributed by atoms with van der Waals surface area (Å²) in [5.41, 5.74) is 0.951. The number of nitrogens with one attached hydrogen (secondary N) is 2. The lowest BCUT2D eigenvalue weighted by molar-refractivity contribution is 0.144. The molecule has 0 fully saturated rings. The minimum atomic E-state index is -0.398. The first-order valence-corrected chi connectivity index (χ1v) is 9.31. The van der Waals surface area contributed by atoms with Gasteiger partial charge in [0.2, 0.25) is 0 Å². The Morgan fingerprint density at radius 2 is 2.00 bits per heavy atom. The van der Waals surface area contributed by atoms with E-state index in [9.17, 15) is 9.18 Å². The third-order valence-corrected chi connectivity index (χ3v) is 4.28. The van der Waals surface area contributed by atoms with Crippen molar-refractivity contribution < 1.29 is 13.9 Å². The second kappa shape index (κ2) is 11.1. The summed E-state index contributed by atoms with van der Waals surface area (Å²) in [4.78, 5) is 11.1. The quantitative estimate of drug-likeness (QED) is 0.608. The van der Waals surface area contributed by atoms with Crippen LogP contribution in [0.1, 0.15) is 32.6 Å². The van der Waals surface area contributed by atoms with Crippen molar-refractivity contribution in [1.29, 1.82) is 0 Å². The molecule has 0 aliphatic carbocycles. The second-order valence-electron chi connectivity index (χ2n) is 6.35. The van der Waals surface area contributed by atoms with Crippen LogP contribution in [0.4, 0.5) is 15.0 Å². The molecule has 1 aromatic heterocycles. The van der Waals surface area contributed by atoms with Gasteiger partial charge in [0.15, 0.2) is 0 Å².